The Hall–Kier alpha value is -0.410. The summed E-state index contributed by atoms with van der Waals surface area (Å²) in [5.74, 6) is 0.0394. The second kappa shape index (κ2) is 10.5. The smallest absolute Gasteiger partial charge is 0.132 e. The monoisotopic (exact) mass is 134 g/mol. The van der Waals surface area contributed by atoms with Crippen molar-refractivity contribution in [3.63, 3.8) is 0 Å². The summed E-state index contributed by atoms with van der Waals surface area (Å²) >= 11 is 0. The summed E-state index contributed by atoms with van der Waals surface area (Å²) in [5, 5.41) is 15.6. The van der Waals surface area contributed by atoms with E-state index in [1.807, 2.05) is 0 Å². The van der Waals surface area contributed by atoms with E-state index in [0.29, 0.717) is 6.42 Å². The minimum Gasteiger partial charge on any atom is -0.397 e. The molecule has 0 aliphatic rings. The van der Waals surface area contributed by atoms with E-state index in [1.165, 1.54) is 6.92 Å². The maximum Gasteiger partial charge on any atom is 0.132 e. The van der Waals surface area contributed by atoms with Crippen molar-refractivity contribution >= 4 is 5.78 Å². The van der Waals surface area contributed by atoms with Crippen LogP contribution >= 0.6 is 0 Å². The van der Waals surface area contributed by atoms with Gasteiger partial charge >= 0.3 is 0 Å². The van der Waals surface area contributed by atoms with Gasteiger partial charge in [-0.15, -0.1) is 0 Å². The summed E-state index contributed by atoms with van der Waals surface area (Å²) in [5.41, 5.74) is 0. The molecule has 0 bridgehead atoms. The van der Waals surface area contributed by atoms with E-state index in [0.717, 1.165) is 0 Å². The van der Waals surface area contributed by atoms with Gasteiger partial charge in [-0.3, -0.25) is 4.79 Å². The first kappa shape index (κ1) is 11.4. The highest BCUT2D eigenvalue weighted by atomic mass is 16.3. The Morgan fingerprint density at radius 2 is 1.78 bits per heavy atom. The molecule has 0 rings (SSSR count). The first-order valence-electron chi connectivity index (χ1n) is 2.90. The van der Waals surface area contributed by atoms with Crippen molar-refractivity contribution in [1.82, 2.24) is 0 Å². The second-order valence-corrected chi connectivity index (χ2v) is 1.49. The topological polar surface area (TPSA) is 57.5 Å². The van der Waals surface area contributed by atoms with Gasteiger partial charge in [-0.05, 0) is 13.8 Å². The molecule has 0 aromatic rings. The standard InChI is InChI=1S/C4H8O2.C2H6O/c1-4(6)2-3-5;1-2-3/h5H,2-3H2,1H3;3H,2H2,1H3. The van der Waals surface area contributed by atoms with Crippen LogP contribution in [0.15, 0.2) is 0 Å². The van der Waals surface area contributed by atoms with Crippen LogP contribution in [0.5, 0.6) is 0 Å². The Morgan fingerprint density at radius 1 is 1.44 bits per heavy atom. The summed E-state index contributed by atoms with van der Waals surface area (Å²) in [6, 6.07) is 0. The molecule has 3 nitrogen and oxygen atoms in total. The van der Waals surface area contributed by atoms with Crippen LogP contribution in [0.2, 0.25) is 0 Å². The number of hydrogen-bond acceptors (Lipinski definition) is 3. The lowest BCUT2D eigenvalue weighted by atomic mass is 10.3. The van der Waals surface area contributed by atoms with Crippen LogP contribution in [0.25, 0.3) is 0 Å². The van der Waals surface area contributed by atoms with Crippen LogP contribution in [0, 0.1) is 0 Å². The fourth-order valence-corrected chi connectivity index (χ4v) is 0.157. The minimum atomic E-state index is -0.0185. The summed E-state index contributed by atoms with van der Waals surface area (Å²) in [7, 11) is 0. The normalized spacial score (nSPS) is 7.56. The van der Waals surface area contributed by atoms with E-state index in [-0.39, 0.29) is 19.0 Å². The Balaban J connectivity index is 0. The number of carbonyl (C=O) groups is 1. The van der Waals surface area contributed by atoms with Gasteiger partial charge in [0.05, 0.1) is 0 Å². The van der Waals surface area contributed by atoms with Crippen molar-refractivity contribution in [2.75, 3.05) is 13.2 Å². The minimum absolute atomic E-state index is 0.0185. The Labute approximate surface area is 55.3 Å². The largest absolute Gasteiger partial charge is 0.397 e. The van der Waals surface area contributed by atoms with Crippen LogP contribution in [0.1, 0.15) is 20.3 Å². The molecule has 2 N–H and O–H groups in total. The van der Waals surface area contributed by atoms with E-state index in [1.54, 1.807) is 6.92 Å². The van der Waals surface area contributed by atoms with Crippen molar-refractivity contribution in [1.29, 1.82) is 0 Å². The second-order valence-electron chi connectivity index (χ2n) is 1.49. The number of carbonyl (C=O) groups excluding carboxylic acids is 1. The molecule has 0 heterocycles. The first-order chi connectivity index (χ1) is 4.18. The van der Waals surface area contributed by atoms with Crippen molar-refractivity contribution in [3.8, 4) is 0 Å². The molecular formula is C6H14O3. The highest BCUT2D eigenvalue weighted by Gasteiger charge is 1.84. The maximum absolute atomic E-state index is 9.88. The molecule has 0 radical (unpaired) electrons. The molecule has 0 aliphatic carbocycles. The lowest BCUT2D eigenvalue weighted by Gasteiger charge is -1.80. The molecule has 0 amide bonds. The molecular weight excluding hydrogens is 120 g/mol. The molecule has 3 heteroatoms. The lowest BCUT2D eigenvalue weighted by molar-refractivity contribution is -0.117. The van der Waals surface area contributed by atoms with Crippen LogP contribution < -0.4 is 0 Å². The molecule has 0 fully saturated rings. The molecule has 0 spiro atoms. The molecule has 0 aliphatic heterocycles. The van der Waals surface area contributed by atoms with Crippen LogP contribution in [-0.4, -0.2) is 29.2 Å². The van der Waals surface area contributed by atoms with Gasteiger partial charge in [-0.25, -0.2) is 0 Å². The number of rotatable bonds is 2. The first-order valence-corrected chi connectivity index (χ1v) is 2.90. The van der Waals surface area contributed by atoms with Gasteiger partial charge in [0.25, 0.3) is 0 Å². The highest BCUT2D eigenvalue weighted by molar-refractivity contribution is 5.75. The van der Waals surface area contributed by atoms with Gasteiger partial charge in [0, 0.05) is 19.6 Å². The van der Waals surface area contributed by atoms with Crippen LogP contribution in [-0.2, 0) is 4.79 Å². The number of aliphatic hydroxyl groups excluding tert-OH is 2. The van der Waals surface area contributed by atoms with Crippen molar-refractivity contribution in [2.45, 2.75) is 20.3 Å². The third kappa shape index (κ3) is 35.4. The van der Waals surface area contributed by atoms with E-state index in [2.05, 4.69) is 0 Å². The van der Waals surface area contributed by atoms with E-state index >= 15 is 0 Å². The number of aliphatic hydroxyl groups is 2. The average molecular weight is 134 g/mol. The fraction of sp³-hybridized carbons (Fsp3) is 0.833. The summed E-state index contributed by atoms with van der Waals surface area (Å²) in [6.07, 6.45) is 0.292. The number of hydrogen-bond donors (Lipinski definition) is 2. The summed E-state index contributed by atoms with van der Waals surface area (Å²) in [4.78, 5) is 9.88. The van der Waals surface area contributed by atoms with E-state index in [4.69, 9.17) is 10.2 Å². The van der Waals surface area contributed by atoms with Gasteiger partial charge in [-0.2, -0.15) is 0 Å². The van der Waals surface area contributed by atoms with Crippen LogP contribution in [0.3, 0.4) is 0 Å². The Kier molecular flexibility index (Phi) is 13.4. The van der Waals surface area contributed by atoms with Gasteiger partial charge in [-0.1, -0.05) is 0 Å². The van der Waals surface area contributed by atoms with E-state index in [9.17, 15) is 4.79 Å². The number of Topliss-reactive ketones (excluding diaryl/α,β-unsaturated/α-hetero) is 1. The lowest BCUT2D eigenvalue weighted by Crippen LogP contribution is -1.92. The van der Waals surface area contributed by atoms with Crippen molar-refractivity contribution in [3.05, 3.63) is 0 Å². The molecule has 0 aromatic heterocycles. The van der Waals surface area contributed by atoms with Gasteiger partial charge in [0.15, 0.2) is 0 Å². The highest BCUT2D eigenvalue weighted by Crippen LogP contribution is 1.74. The summed E-state index contributed by atoms with van der Waals surface area (Å²) < 4.78 is 0. The third-order valence-corrected chi connectivity index (χ3v) is 0.464. The molecule has 0 saturated heterocycles. The van der Waals surface area contributed by atoms with Gasteiger partial charge < -0.3 is 10.2 Å². The van der Waals surface area contributed by atoms with Crippen molar-refractivity contribution < 1.29 is 15.0 Å². The average Bonchev–Trinajstić information content (AvgIpc) is 1.67. The molecule has 0 unspecified atom stereocenters. The zero-order valence-corrected chi connectivity index (χ0v) is 5.92. The zero-order valence-electron chi connectivity index (χ0n) is 5.92. The number of ketones is 1. The fourth-order valence-electron chi connectivity index (χ4n) is 0.157. The van der Waals surface area contributed by atoms with Crippen molar-refractivity contribution in [2.24, 2.45) is 0 Å². The summed E-state index contributed by atoms with van der Waals surface area (Å²) in [6.45, 7) is 3.37. The quantitative estimate of drug-likeness (QED) is 0.557. The molecule has 9 heavy (non-hydrogen) atoms. The molecule has 0 saturated carbocycles. The Morgan fingerprint density at radius 3 is 1.78 bits per heavy atom. The molecule has 56 valence electrons. The van der Waals surface area contributed by atoms with Crippen LogP contribution in [0.4, 0.5) is 0 Å². The SMILES string of the molecule is CC(=O)CCO.CCO. The van der Waals surface area contributed by atoms with E-state index < -0.39 is 0 Å². The third-order valence-electron chi connectivity index (χ3n) is 0.464. The van der Waals surface area contributed by atoms with Gasteiger partial charge in [0.2, 0.25) is 0 Å². The predicted octanol–water partition coefficient (Wildman–Crippen LogP) is -0.0436. The van der Waals surface area contributed by atoms with Gasteiger partial charge in [0.1, 0.15) is 5.78 Å². The zero-order chi connectivity index (χ0) is 7.70. The molecule has 0 aromatic carbocycles. The Bertz CT molecular complexity index is 61.3. The maximum atomic E-state index is 9.88. The predicted molar refractivity (Wildman–Crippen MR) is 35.1 cm³/mol. The molecule has 0 atom stereocenters.